The molecular weight excluding hydrogens is 216 g/mol. The molecule has 0 fully saturated rings. The highest BCUT2D eigenvalue weighted by Gasteiger charge is 2.17. The smallest absolute Gasteiger partial charge is 0.322 e. The summed E-state index contributed by atoms with van der Waals surface area (Å²) in [7, 11) is 0. The number of hydrogen-bond donors (Lipinski definition) is 2. The van der Waals surface area contributed by atoms with Crippen LogP contribution in [-0.2, 0) is 0 Å². The van der Waals surface area contributed by atoms with Gasteiger partial charge in [0.2, 0.25) is 0 Å². The summed E-state index contributed by atoms with van der Waals surface area (Å²) in [5.74, 6) is 0. The van der Waals surface area contributed by atoms with Gasteiger partial charge < -0.3 is 4.98 Å². The van der Waals surface area contributed by atoms with Crippen molar-refractivity contribution in [3.05, 3.63) is 32.0 Å². The molecule has 1 aromatic heterocycles. The van der Waals surface area contributed by atoms with Gasteiger partial charge in [-0.1, -0.05) is 0 Å². The van der Waals surface area contributed by atoms with Crippen molar-refractivity contribution >= 4 is 21.6 Å². The summed E-state index contributed by atoms with van der Waals surface area (Å²) in [5.41, 5.74) is -0.981. The van der Waals surface area contributed by atoms with Crippen molar-refractivity contribution in [3.8, 4) is 0 Å². The molecule has 5 nitrogen and oxygen atoms in total. The fourth-order valence-corrected chi connectivity index (χ4v) is 0.920. The van der Waals surface area contributed by atoms with E-state index in [0.29, 0.717) is 4.47 Å². The minimum atomic E-state index is -0.634. The van der Waals surface area contributed by atoms with E-state index >= 15 is 0 Å². The van der Waals surface area contributed by atoms with Gasteiger partial charge >= 0.3 is 11.2 Å². The Bertz CT molecular complexity index is 346. The zero-order chi connectivity index (χ0) is 8.43. The minimum absolute atomic E-state index is 0.348. The Labute approximate surface area is 69.3 Å². The van der Waals surface area contributed by atoms with Crippen molar-refractivity contribution < 1.29 is 10.1 Å². The number of rotatable bonds is 1. The first-order valence-electron chi connectivity index (χ1n) is 2.65. The first-order valence-corrected chi connectivity index (χ1v) is 3.45. The lowest BCUT2D eigenvalue weighted by molar-refractivity contribution is -0.730. The number of nitrogens with one attached hydrogen (secondary N) is 1. The zero-order valence-electron chi connectivity index (χ0n) is 5.24. The Balaban J connectivity index is 3.35. The SMILES string of the molecule is O=c1[nH]cc(Br)cc1[N+](=O)O. The summed E-state index contributed by atoms with van der Waals surface area (Å²) < 4.78 is 0.516. The quantitative estimate of drug-likeness (QED) is 0.691. The molecule has 0 aliphatic rings. The summed E-state index contributed by atoms with van der Waals surface area (Å²) in [4.78, 5) is 22.7. The van der Waals surface area contributed by atoms with E-state index in [2.05, 4.69) is 20.9 Å². The zero-order valence-corrected chi connectivity index (χ0v) is 6.83. The van der Waals surface area contributed by atoms with Gasteiger partial charge in [0.25, 0.3) is 4.92 Å². The van der Waals surface area contributed by atoms with Gasteiger partial charge in [0.15, 0.2) is 0 Å². The number of halogens is 1. The highest BCUT2D eigenvalue weighted by atomic mass is 79.9. The molecule has 11 heavy (non-hydrogen) atoms. The van der Waals surface area contributed by atoms with E-state index in [1.54, 1.807) is 0 Å². The molecule has 0 unspecified atom stereocenters. The van der Waals surface area contributed by atoms with Gasteiger partial charge in [-0.3, -0.25) is 4.79 Å². The van der Waals surface area contributed by atoms with Gasteiger partial charge in [-0.25, -0.2) is 5.21 Å². The lowest BCUT2D eigenvalue weighted by Gasteiger charge is -1.85. The van der Waals surface area contributed by atoms with E-state index < -0.39 is 10.5 Å². The van der Waals surface area contributed by atoms with Crippen LogP contribution in [0.3, 0.4) is 0 Å². The average Bonchev–Trinajstić information content (AvgIpc) is 1.94. The number of pyridine rings is 1. The third kappa shape index (κ3) is 1.64. The molecule has 0 aromatic carbocycles. The number of hydrogen-bond acceptors (Lipinski definition) is 2. The predicted octanol–water partition coefficient (Wildman–Crippen LogP) is 0.937. The van der Waals surface area contributed by atoms with Gasteiger partial charge in [-0.15, -0.1) is 0 Å². The van der Waals surface area contributed by atoms with Crippen molar-refractivity contribution in [3.63, 3.8) is 0 Å². The summed E-state index contributed by atoms with van der Waals surface area (Å²) in [6, 6.07) is 1.21. The third-order valence-corrected chi connectivity index (χ3v) is 1.51. The summed E-state index contributed by atoms with van der Waals surface area (Å²) in [6.07, 6.45) is 1.37. The highest BCUT2D eigenvalue weighted by molar-refractivity contribution is 9.10. The molecule has 0 bridgehead atoms. The van der Waals surface area contributed by atoms with Gasteiger partial charge in [-0.05, 0) is 15.9 Å². The maximum Gasteiger partial charge on any atom is 0.381 e. The Morgan fingerprint density at radius 3 is 2.73 bits per heavy atom. The molecule has 1 aromatic rings. The Morgan fingerprint density at radius 2 is 2.27 bits per heavy atom. The van der Waals surface area contributed by atoms with Crippen LogP contribution in [0.15, 0.2) is 21.5 Å². The van der Waals surface area contributed by atoms with Crippen LogP contribution in [0, 0.1) is 4.91 Å². The van der Waals surface area contributed by atoms with E-state index in [0.717, 1.165) is 0 Å². The summed E-state index contributed by atoms with van der Waals surface area (Å²) in [5, 5.41) is 8.37. The number of nitrogens with zero attached hydrogens (tertiary/aromatic N) is 1. The Kier molecular flexibility index (Phi) is 2.04. The molecule has 58 valence electrons. The lowest BCUT2D eigenvalue weighted by Crippen LogP contribution is -2.11. The normalized spacial score (nSPS) is 9.55. The maximum atomic E-state index is 10.7. The molecule has 0 amide bonds. The summed E-state index contributed by atoms with van der Waals surface area (Å²) in [6.45, 7) is 0. The molecule has 2 N–H and O–H groups in total. The second-order valence-electron chi connectivity index (χ2n) is 1.81. The van der Waals surface area contributed by atoms with E-state index in [1.165, 1.54) is 12.3 Å². The van der Waals surface area contributed by atoms with Crippen LogP contribution in [0.25, 0.3) is 0 Å². The second kappa shape index (κ2) is 2.83. The standard InChI is InChI=1S/C5H3BrN2O3/c6-3-1-4(8(10)11)5(9)7-2-3/h1-2H,(H-,7,9,10,11)/p+1. The van der Waals surface area contributed by atoms with Gasteiger partial charge in [0, 0.05) is 16.7 Å². The molecule has 0 aliphatic carbocycles. The number of aromatic nitrogens is 1. The van der Waals surface area contributed by atoms with Crippen molar-refractivity contribution in [2.24, 2.45) is 0 Å². The lowest BCUT2D eigenvalue weighted by atomic mass is 10.4. The fourth-order valence-electron chi connectivity index (χ4n) is 0.588. The Morgan fingerprint density at radius 1 is 1.64 bits per heavy atom. The van der Waals surface area contributed by atoms with Crippen LogP contribution in [0.2, 0.25) is 0 Å². The van der Waals surface area contributed by atoms with Gasteiger partial charge in [0.1, 0.15) is 0 Å². The largest absolute Gasteiger partial charge is 0.381 e. The average molecular weight is 220 g/mol. The van der Waals surface area contributed by atoms with Gasteiger partial charge in [0.05, 0.1) is 4.91 Å². The van der Waals surface area contributed by atoms with Crippen molar-refractivity contribution in [2.75, 3.05) is 0 Å². The third-order valence-electron chi connectivity index (χ3n) is 1.05. The molecule has 1 rings (SSSR count). The van der Waals surface area contributed by atoms with Crippen LogP contribution >= 0.6 is 15.9 Å². The maximum absolute atomic E-state index is 10.7. The first-order chi connectivity index (χ1) is 5.11. The molecule has 0 atom stereocenters. The molecule has 0 aliphatic heterocycles. The van der Waals surface area contributed by atoms with E-state index in [1.807, 2.05) is 0 Å². The van der Waals surface area contributed by atoms with Crippen molar-refractivity contribution in [2.45, 2.75) is 0 Å². The van der Waals surface area contributed by atoms with Crippen molar-refractivity contribution in [1.82, 2.24) is 4.98 Å². The van der Waals surface area contributed by atoms with Crippen LogP contribution in [0.5, 0.6) is 0 Å². The van der Waals surface area contributed by atoms with E-state index in [4.69, 9.17) is 5.21 Å². The van der Waals surface area contributed by atoms with Crippen molar-refractivity contribution in [1.29, 1.82) is 0 Å². The topological polar surface area (TPSA) is 73.2 Å². The molecular formula is C5H4BrN2O3+. The molecule has 0 spiro atoms. The summed E-state index contributed by atoms with van der Waals surface area (Å²) >= 11 is 3.02. The highest BCUT2D eigenvalue weighted by Crippen LogP contribution is 2.10. The molecule has 0 saturated carbocycles. The second-order valence-corrected chi connectivity index (χ2v) is 2.72. The first kappa shape index (κ1) is 7.93. The van der Waals surface area contributed by atoms with Crippen LogP contribution < -0.4 is 5.56 Å². The molecule has 0 saturated heterocycles. The van der Waals surface area contributed by atoms with Crippen LogP contribution in [0.4, 0.5) is 5.69 Å². The van der Waals surface area contributed by atoms with Gasteiger partial charge in [-0.2, -0.15) is 0 Å². The number of aromatic amines is 1. The van der Waals surface area contributed by atoms with E-state index in [-0.39, 0.29) is 5.69 Å². The van der Waals surface area contributed by atoms with Crippen LogP contribution in [0.1, 0.15) is 0 Å². The monoisotopic (exact) mass is 219 g/mol. The fraction of sp³-hybridized carbons (Fsp3) is 0. The predicted molar refractivity (Wildman–Crippen MR) is 39.8 cm³/mol. The van der Waals surface area contributed by atoms with E-state index in [9.17, 15) is 9.70 Å². The Hall–Kier alpha value is -1.17. The molecule has 0 radical (unpaired) electrons. The molecule has 1 heterocycles. The number of H-pyrrole nitrogens is 1. The molecule has 6 heteroatoms. The minimum Gasteiger partial charge on any atom is -0.322 e. The van der Waals surface area contributed by atoms with Crippen LogP contribution in [-0.4, -0.2) is 15.1 Å².